The maximum atomic E-state index is 11.5. The van der Waals surface area contributed by atoms with Crippen LogP contribution in [0, 0.1) is 0 Å². The van der Waals surface area contributed by atoms with Crippen molar-refractivity contribution in [2.24, 2.45) is 5.73 Å². The lowest BCUT2D eigenvalue weighted by molar-refractivity contribution is 0.100. The Labute approximate surface area is 142 Å². The van der Waals surface area contributed by atoms with E-state index < -0.39 is 5.91 Å². The minimum absolute atomic E-state index is 0.454. The monoisotopic (exact) mass is 331 g/mol. The van der Waals surface area contributed by atoms with Gasteiger partial charge in [0, 0.05) is 18.0 Å². The summed E-state index contributed by atoms with van der Waals surface area (Å²) in [6, 6.07) is 17.6. The van der Waals surface area contributed by atoms with Crippen LogP contribution in [-0.4, -0.2) is 15.9 Å². The number of thiazole rings is 1. The summed E-state index contributed by atoms with van der Waals surface area (Å²) < 4.78 is 0.956. The highest BCUT2D eigenvalue weighted by Crippen LogP contribution is 2.32. The molecular formula is C19H13N3OS. The fraction of sp³-hybridized carbons (Fsp3) is 0. The van der Waals surface area contributed by atoms with E-state index in [2.05, 4.69) is 9.97 Å². The number of hydrogen-bond acceptors (Lipinski definition) is 4. The van der Waals surface area contributed by atoms with E-state index in [4.69, 9.17) is 5.73 Å². The molecule has 0 atom stereocenters. The largest absolute Gasteiger partial charge is 0.366 e. The van der Waals surface area contributed by atoms with E-state index >= 15 is 0 Å². The number of fused-ring (bicyclic) bond motifs is 1. The second-order valence-corrected chi connectivity index (χ2v) is 6.39. The van der Waals surface area contributed by atoms with E-state index in [1.807, 2.05) is 54.7 Å². The van der Waals surface area contributed by atoms with E-state index in [0.717, 1.165) is 26.4 Å². The van der Waals surface area contributed by atoms with Gasteiger partial charge in [0.05, 0.1) is 15.8 Å². The molecule has 0 aliphatic carbocycles. The number of carbonyl (C=O) groups is 1. The molecule has 4 nitrogen and oxygen atoms in total. The molecule has 0 radical (unpaired) electrons. The average molecular weight is 331 g/mol. The third kappa shape index (κ3) is 2.55. The minimum Gasteiger partial charge on any atom is -0.366 e. The average Bonchev–Trinajstić information content (AvgIpc) is 3.06. The van der Waals surface area contributed by atoms with Crippen LogP contribution in [0.15, 0.2) is 67.0 Å². The zero-order chi connectivity index (χ0) is 16.5. The molecule has 0 saturated carbocycles. The van der Waals surface area contributed by atoms with Gasteiger partial charge in [0.1, 0.15) is 5.01 Å². The zero-order valence-electron chi connectivity index (χ0n) is 12.6. The van der Waals surface area contributed by atoms with Gasteiger partial charge < -0.3 is 5.73 Å². The van der Waals surface area contributed by atoms with Crippen molar-refractivity contribution in [2.45, 2.75) is 0 Å². The molecule has 24 heavy (non-hydrogen) atoms. The highest BCUT2D eigenvalue weighted by molar-refractivity contribution is 7.21. The molecule has 2 N–H and O–H groups in total. The van der Waals surface area contributed by atoms with E-state index in [0.29, 0.717) is 11.1 Å². The van der Waals surface area contributed by atoms with Gasteiger partial charge in [-0.2, -0.15) is 0 Å². The first-order chi connectivity index (χ1) is 11.7. The van der Waals surface area contributed by atoms with E-state index in [9.17, 15) is 4.79 Å². The molecule has 116 valence electrons. The van der Waals surface area contributed by atoms with Crippen molar-refractivity contribution in [3.63, 3.8) is 0 Å². The van der Waals surface area contributed by atoms with Crippen LogP contribution in [0.4, 0.5) is 0 Å². The number of pyridine rings is 1. The Morgan fingerprint density at radius 2 is 1.71 bits per heavy atom. The van der Waals surface area contributed by atoms with Gasteiger partial charge in [-0.3, -0.25) is 9.78 Å². The SMILES string of the molecule is NC(=O)c1cccc2sc(-c3ccc(-c4cccnc4)cc3)nc12. The van der Waals surface area contributed by atoms with Gasteiger partial charge in [0.2, 0.25) is 0 Å². The van der Waals surface area contributed by atoms with Gasteiger partial charge in [-0.15, -0.1) is 11.3 Å². The first-order valence-corrected chi connectivity index (χ1v) is 8.24. The van der Waals surface area contributed by atoms with Gasteiger partial charge in [0.15, 0.2) is 0 Å². The smallest absolute Gasteiger partial charge is 0.250 e. The lowest BCUT2D eigenvalue weighted by atomic mass is 10.1. The number of para-hydroxylation sites is 1. The quantitative estimate of drug-likeness (QED) is 0.614. The van der Waals surface area contributed by atoms with Crippen molar-refractivity contribution in [3.05, 3.63) is 72.6 Å². The number of hydrogen-bond donors (Lipinski definition) is 1. The number of nitrogens with zero attached hydrogens (tertiary/aromatic N) is 2. The summed E-state index contributed by atoms with van der Waals surface area (Å²) in [5, 5.41) is 0.872. The molecule has 2 aromatic heterocycles. The molecule has 0 fully saturated rings. The third-order valence-electron chi connectivity index (χ3n) is 3.81. The van der Waals surface area contributed by atoms with E-state index in [1.54, 1.807) is 23.6 Å². The first-order valence-electron chi connectivity index (χ1n) is 7.42. The Hall–Kier alpha value is -3.05. The lowest BCUT2D eigenvalue weighted by Gasteiger charge is -2.02. The summed E-state index contributed by atoms with van der Waals surface area (Å²) in [4.78, 5) is 20.3. The van der Waals surface area contributed by atoms with Crippen molar-refractivity contribution < 1.29 is 4.79 Å². The van der Waals surface area contributed by atoms with E-state index in [-0.39, 0.29) is 0 Å². The Balaban J connectivity index is 1.75. The predicted octanol–water partition coefficient (Wildman–Crippen LogP) is 4.12. The predicted molar refractivity (Wildman–Crippen MR) is 96.8 cm³/mol. The number of primary amides is 1. The molecular weight excluding hydrogens is 318 g/mol. The fourth-order valence-electron chi connectivity index (χ4n) is 2.61. The first kappa shape index (κ1) is 14.5. The highest BCUT2D eigenvalue weighted by atomic mass is 32.1. The number of carbonyl (C=O) groups excluding carboxylic acids is 1. The van der Waals surface area contributed by atoms with Crippen LogP contribution in [0.5, 0.6) is 0 Å². The molecule has 0 saturated heterocycles. The van der Waals surface area contributed by atoms with Crippen molar-refractivity contribution in [1.29, 1.82) is 0 Å². The van der Waals surface area contributed by atoms with E-state index in [1.165, 1.54) is 0 Å². The maximum absolute atomic E-state index is 11.5. The second-order valence-electron chi connectivity index (χ2n) is 5.35. The topological polar surface area (TPSA) is 68.9 Å². The molecule has 5 heteroatoms. The Kier molecular flexibility index (Phi) is 3.55. The molecule has 0 unspecified atom stereocenters. The maximum Gasteiger partial charge on any atom is 0.250 e. The van der Waals surface area contributed by atoms with Gasteiger partial charge in [0.25, 0.3) is 5.91 Å². The van der Waals surface area contributed by atoms with Crippen LogP contribution in [0.3, 0.4) is 0 Å². The van der Waals surface area contributed by atoms with Crippen molar-refractivity contribution in [3.8, 4) is 21.7 Å². The number of rotatable bonds is 3. The number of benzene rings is 2. The lowest BCUT2D eigenvalue weighted by Crippen LogP contribution is -2.11. The second kappa shape index (κ2) is 5.86. The molecule has 0 aliphatic rings. The summed E-state index contributed by atoms with van der Waals surface area (Å²) in [6.45, 7) is 0. The molecule has 0 aliphatic heterocycles. The van der Waals surface area contributed by atoms with Crippen molar-refractivity contribution in [2.75, 3.05) is 0 Å². The van der Waals surface area contributed by atoms with Crippen LogP contribution in [-0.2, 0) is 0 Å². The van der Waals surface area contributed by atoms with Crippen molar-refractivity contribution in [1.82, 2.24) is 9.97 Å². The molecule has 1 amide bonds. The summed E-state index contributed by atoms with van der Waals surface area (Å²) >= 11 is 1.55. The molecule has 4 rings (SSSR count). The zero-order valence-corrected chi connectivity index (χ0v) is 13.5. The van der Waals surface area contributed by atoms with Crippen LogP contribution in [0.2, 0.25) is 0 Å². The summed E-state index contributed by atoms with van der Waals surface area (Å²) in [5.41, 5.74) is 9.75. The standard InChI is InChI=1S/C19H13N3OS/c20-18(23)15-4-1-5-16-17(15)22-19(24-16)13-8-6-12(7-9-13)14-3-2-10-21-11-14/h1-11H,(H2,20,23). The molecule has 2 aromatic carbocycles. The molecule has 0 spiro atoms. The van der Waals surface area contributed by atoms with Gasteiger partial charge in [-0.1, -0.05) is 36.4 Å². The Morgan fingerprint density at radius 3 is 2.42 bits per heavy atom. The number of aromatic nitrogens is 2. The summed E-state index contributed by atoms with van der Waals surface area (Å²) in [6.07, 6.45) is 3.60. The number of nitrogens with two attached hydrogens (primary N) is 1. The molecule has 4 aromatic rings. The van der Waals surface area contributed by atoms with Gasteiger partial charge in [-0.25, -0.2) is 4.98 Å². The normalized spacial score (nSPS) is 10.8. The van der Waals surface area contributed by atoms with Crippen LogP contribution in [0.1, 0.15) is 10.4 Å². The Morgan fingerprint density at radius 1 is 0.917 bits per heavy atom. The minimum atomic E-state index is -0.454. The van der Waals surface area contributed by atoms with Crippen LogP contribution in [0.25, 0.3) is 31.9 Å². The molecule has 0 bridgehead atoms. The molecule has 2 heterocycles. The summed E-state index contributed by atoms with van der Waals surface area (Å²) in [5.74, 6) is -0.454. The highest BCUT2D eigenvalue weighted by Gasteiger charge is 2.12. The summed E-state index contributed by atoms with van der Waals surface area (Å²) in [7, 11) is 0. The van der Waals surface area contributed by atoms with Crippen molar-refractivity contribution >= 4 is 27.5 Å². The van der Waals surface area contributed by atoms with Crippen LogP contribution < -0.4 is 5.73 Å². The van der Waals surface area contributed by atoms with Gasteiger partial charge >= 0.3 is 0 Å². The number of amides is 1. The van der Waals surface area contributed by atoms with Crippen LogP contribution >= 0.6 is 11.3 Å². The Bertz CT molecular complexity index is 1020. The fourth-order valence-corrected chi connectivity index (χ4v) is 3.61. The third-order valence-corrected chi connectivity index (χ3v) is 4.88. The van der Waals surface area contributed by atoms with Gasteiger partial charge in [-0.05, 0) is 29.3 Å².